The second-order valence-corrected chi connectivity index (χ2v) is 11.3. The van der Waals surface area contributed by atoms with Crippen LogP contribution in [-0.2, 0) is 10.0 Å². The molecular weight excluding hydrogens is 555 g/mol. The molecule has 172 valence electrons. The van der Waals surface area contributed by atoms with Crippen molar-refractivity contribution in [3.05, 3.63) is 45.1 Å². The van der Waals surface area contributed by atoms with E-state index >= 15 is 0 Å². The minimum atomic E-state index is -4.38. The fourth-order valence-electron chi connectivity index (χ4n) is 3.40. The molecule has 2 aliphatic rings. The van der Waals surface area contributed by atoms with E-state index in [2.05, 4.69) is 5.32 Å². The zero-order valence-electron chi connectivity index (χ0n) is 16.4. The Hall–Kier alpha value is -1.38. The van der Waals surface area contributed by atoms with Crippen molar-refractivity contribution >= 4 is 44.0 Å². The summed E-state index contributed by atoms with van der Waals surface area (Å²) < 4.78 is 84.7. The summed E-state index contributed by atoms with van der Waals surface area (Å²) in [5.41, 5.74) is -3.32. The maximum atomic E-state index is 14.7. The zero-order chi connectivity index (χ0) is 23.2. The first kappa shape index (κ1) is 24.3. The fourth-order valence-corrected chi connectivity index (χ4v) is 5.63. The Bertz CT molecular complexity index is 1060. The molecule has 0 aromatic heterocycles. The third kappa shape index (κ3) is 4.71. The molecule has 1 aromatic carbocycles. The Labute approximate surface area is 190 Å². The van der Waals surface area contributed by atoms with E-state index in [4.69, 9.17) is 5.11 Å². The Balaban J connectivity index is 2.01. The Morgan fingerprint density at radius 2 is 1.84 bits per heavy atom. The minimum Gasteiger partial charge on any atom is -0.394 e. The molecule has 0 bridgehead atoms. The number of nitrogens with one attached hydrogen (secondary N) is 2. The topological polar surface area (TPSA) is 98.7 Å². The first-order valence-corrected chi connectivity index (χ1v) is 11.9. The van der Waals surface area contributed by atoms with Crippen LogP contribution in [0, 0.1) is 17.5 Å². The van der Waals surface area contributed by atoms with Crippen LogP contribution < -0.4 is 10.0 Å². The van der Waals surface area contributed by atoms with Gasteiger partial charge in [0, 0.05) is 9.65 Å². The van der Waals surface area contributed by atoms with Crippen LogP contribution in [0.3, 0.4) is 0 Å². The molecule has 0 amide bonds. The van der Waals surface area contributed by atoms with E-state index in [1.54, 1.807) is 6.08 Å². The zero-order valence-corrected chi connectivity index (χ0v) is 19.3. The predicted octanol–water partition coefficient (Wildman–Crippen LogP) is 3.87. The number of rotatable bonds is 8. The average molecular weight is 576 g/mol. The number of benzene rings is 1. The van der Waals surface area contributed by atoms with Crippen molar-refractivity contribution in [3.63, 3.8) is 0 Å². The molecule has 12 heteroatoms. The molecule has 1 saturated carbocycles. The number of aliphatic hydroxyl groups is 2. The molecule has 0 radical (unpaired) electrons. The summed E-state index contributed by atoms with van der Waals surface area (Å²) in [6.45, 7) is 0.679. The molecule has 0 spiro atoms. The van der Waals surface area contributed by atoms with Crippen molar-refractivity contribution in [1.82, 2.24) is 0 Å². The van der Waals surface area contributed by atoms with E-state index < -0.39 is 67.7 Å². The Morgan fingerprint density at radius 3 is 2.39 bits per heavy atom. The number of halogens is 5. The fraction of sp³-hybridized carbons (Fsp3) is 0.474. The molecule has 2 unspecified atom stereocenters. The van der Waals surface area contributed by atoms with E-state index in [1.165, 1.54) is 13.0 Å². The molecule has 1 fully saturated rings. The summed E-state index contributed by atoms with van der Waals surface area (Å²) in [5, 5.41) is 21.1. The highest BCUT2D eigenvalue weighted by Crippen LogP contribution is 2.49. The van der Waals surface area contributed by atoms with E-state index in [9.17, 15) is 31.1 Å². The summed E-state index contributed by atoms with van der Waals surface area (Å²) in [7, 11) is -4.38. The van der Waals surface area contributed by atoms with Crippen LogP contribution in [0.25, 0.3) is 0 Å². The number of hydrogen-bond acceptors (Lipinski definition) is 5. The van der Waals surface area contributed by atoms with Crippen LogP contribution in [0.5, 0.6) is 0 Å². The molecule has 6 nitrogen and oxygen atoms in total. The minimum absolute atomic E-state index is 0.0179. The molecule has 4 N–H and O–H groups in total. The summed E-state index contributed by atoms with van der Waals surface area (Å²) in [4.78, 5) is 0. The van der Waals surface area contributed by atoms with Crippen LogP contribution in [0.2, 0.25) is 0 Å². The quantitative estimate of drug-likeness (QED) is 0.214. The largest absolute Gasteiger partial charge is 0.394 e. The van der Waals surface area contributed by atoms with Crippen LogP contribution >= 0.6 is 22.6 Å². The number of anilines is 2. The SMILES string of the molecule is CC1(Nc2c(F)c(F)cc(F)c2NS(=O)(=O)C2(CC(O)CO)CC2)CC=C(I)C=C1F. The van der Waals surface area contributed by atoms with Gasteiger partial charge in [-0.15, -0.1) is 0 Å². The van der Waals surface area contributed by atoms with Gasteiger partial charge in [-0.2, -0.15) is 0 Å². The van der Waals surface area contributed by atoms with Crippen LogP contribution in [-0.4, -0.2) is 41.6 Å². The summed E-state index contributed by atoms with van der Waals surface area (Å²) in [6.07, 6.45) is 1.45. The van der Waals surface area contributed by atoms with Gasteiger partial charge in [0.15, 0.2) is 17.5 Å². The molecule has 0 heterocycles. The van der Waals surface area contributed by atoms with Gasteiger partial charge < -0.3 is 15.5 Å². The van der Waals surface area contributed by atoms with Gasteiger partial charge in [-0.3, -0.25) is 4.72 Å². The molecule has 2 aliphatic carbocycles. The van der Waals surface area contributed by atoms with E-state index in [0.29, 0.717) is 3.58 Å². The Kier molecular flexibility index (Phi) is 6.67. The van der Waals surface area contributed by atoms with Gasteiger partial charge in [0.2, 0.25) is 10.0 Å². The van der Waals surface area contributed by atoms with Crippen molar-refractivity contribution in [2.24, 2.45) is 0 Å². The highest BCUT2D eigenvalue weighted by atomic mass is 127. The highest BCUT2D eigenvalue weighted by Gasteiger charge is 2.55. The maximum absolute atomic E-state index is 14.7. The lowest BCUT2D eigenvalue weighted by molar-refractivity contribution is 0.0858. The normalized spacial score (nSPS) is 23.6. The molecule has 31 heavy (non-hydrogen) atoms. The van der Waals surface area contributed by atoms with Crippen molar-refractivity contribution in [1.29, 1.82) is 0 Å². The average Bonchev–Trinajstić information content (AvgIpc) is 3.47. The lowest BCUT2D eigenvalue weighted by Gasteiger charge is -2.33. The molecular formula is C19H21F4IN2O4S. The molecule has 0 aliphatic heterocycles. The van der Waals surface area contributed by atoms with E-state index in [-0.39, 0.29) is 31.7 Å². The van der Waals surface area contributed by atoms with Crippen molar-refractivity contribution in [3.8, 4) is 0 Å². The van der Waals surface area contributed by atoms with Crippen LogP contribution in [0.4, 0.5) is 28.9 Å². The summed E-state index contributed by atoms with van der Waals surface area (Å²) in [5.74, 6) is -5.26. The lowest BCUT2D eigenvalue weighted by Crippen LogP contribution is -2.38. The third-order valence-electron chi connectivity index (χ3n) is 5.50. The summed E-state index contributed by atoms with van der Waals surface area (Å²) in [6, 6.07) is 0.193. The first-order valence-electron chi connectivity index (χ1n) is 9.34. The van der Waals surface area contributed by atoms with Crippen molar-refractivity contribution in [2.45, 2.75) is 49.0 Å². The predicted molar refractivity (Wildman–Crippen MR) is 116 cm³/mol. The monoisotopic (exact) mass is 576 g/mol. The number of aliphatic hydroxyl groups excluding tert-OH is 2. The van der Waals surface area contributed by atoms with Gasteiger partial charge in [-0.25, -0.2) is 26.0 Å². The Morgan fingerprint density at radius 1 is 1.19 bits per heavy atom. The van der Waals surface area contributed by atoms with E-state index in [0.717, 1.165) is 0 Å². The molecule has 0 saturated heterocycles. The molecule has 2 atom stereocenters. The molecule has 1 aromatic rings. The maximum Gasteiger partial charge on any atom is 0.238 e. The number of allylic oxidation sites excluding steroid dienone is 2. The van der Waals surface area contributed by atoms with Gasteiger partial charge in [-0.1, -0.05) is 6.08 Å². The second-order valence-electron chi connectivity index (χ2n) is 7.98. The van der Waals surface area contributed by atoms with E-state index in [1.807, 2.05) is 27.3 Å². The van der Waals surface area contributed by atoms with Gasteiger partial charge >= 0.3 is 0 Å². The lowest BCUT2D eigenvalue weighted by atomic mass is 9.91. The summed E-state index contributed by atoms with van der Waals surface area (Å²) >= 11 is 1.88. The van der Waals surface area contributed by atoms with Crippen LogP contribution in [0.1, 0.15) is 32.6 Å². The first-order chi connectivity index (χ1) is 14.3. The van der Waals surface area contributed by atoms with Gasteiger partial charge in [0.25, 0.3) is 0 Å². The number of hydrogen-bond donors (Lipinski definition) is 4. The van der Waals surface area contributed by atoms with Gasteiger partial charge in [0.1, 0.15) is 17.2 Å². The van der Waals surface area contributed by atoms with Crippen molar-refractivity contribution < 1.29 is 36.2 Å². The molecule has 3 rings (SSSR count). The van der Waals surface area contributed by atoms with Crippen LogP contribution in [0.15, 0.2) is 27.6 Å². The number of sulfonamides is 1. The highest BCUT2D eigenvalue weighted by molar-refractivity contribution is 14.1. The third-order valence-corrected chi connectivity index (χ3v) is 8.44. The van der Waals surface area contributed by atoms with Crippen molar-refractivity contribution in [2.75, 3.05) is 16.6 Å². The van der Waals surface area contributed by atoms with Gasteiger partial charge in [-0.05, 0) is 61.3 Å². The smallest absolute Gasteiger partial charge is 0.238 e. The van der Waals surface area contributed by atoms with Gasteiger partial charge in [0.05, 0.1) is 23.0 Å². The standard InChI is InChI=1S/C19H21F4IN2O4S/c1-18(3-2-10(24)6-14(18)22)25-17-15(23)12(20)7-13(21)16(17)26-31(29,30)19(4-5-19)8-11(28)9-27/h2,6-7,11,25-28H,3-5,8-9H2,1H3. The second kappa shape index (κ2) is 8.52.